The van der Waals surface area contributed by atoms with Crippen molar-refractivity contribution < 1.29 is 4.79 Å². The second-order valence-electron chi connectivity index (χ2n) is 4.01. The first-order valence-corrected chi connectivity index (χ1v) is 7.65. The first kappa shape index (κ1) is 14.0. The van der Waals surface area contributed by atoms with Crippen LogP contribution in [0.5, 0.6) is 0 Å². The molecule has 0 radical (unpaired) electrons. The second kappa shape index (κ2) is 7.26. The average molecular weight is 336 g/mol. The molecule has 0 atom stereocenters. The fraction of sp³-hybridized carbons (Fsp3) is 0.133. The fourth-order valence-electron chi connectivity index (χ4n) is 1.60. The van der Waals surface area contributed by atoms with Crippen LogP contribution in [-0.4, -0.2) is 12.5 Å². The number of halogens is 1. The number of amides is 1. The zero-order valence-electron chi connectivity index (χ0n) is 10.3. The second-order valence-corrected chi connectivity index (χ2v) is 5.96. The van der Waals surface area contributed by atoms with E-state index in [9.17, 15) is 4.79 Å². The molecule has 1 N–H and O–H groups in total. The minimum Gasteiger partial charge on any atom is -0.352 e. The van der Waals surface area contributed by atoms with E-state index in [0.29, 0.717) is 6.54 Å². The predicted molar refractivity (Wildman–Crippen MR) is 84.2 cm³/mol. The van der Waals surface area contributed by atoms with Crippen molar-refractivity contribution in [3.63, 3.8) is 0 Å². The van der Waals surface area contributed by atoms with Gasteiger partial charge in [0.2, 0.25) is 5.91 Å². The third-order valence-electron chi connectivity index (χ3n) is 2.53. The molecule has 1 heterocycles. The molecule has 0 aliphatic carbocycles. The number of rotatable bonds is 5. The average Bonchev–Trinajstić information content (AvgIpc) is 2.90. The Balaban J connectivity index is 1.78. The molecule has 0 fully saturated rings. The molecule has 1 aromatic heterocycles. The van der Waals surface area contributed by atoms with E-state index >= 15 is 0 Å². The molecule has 4 heteroatoms. The summed E-state index contributed by atoms with van der Waals surface area (Å²) >= 11 is 5.11. The van der Waals surface area contributed by atoms with Crippen LogP contribution >= 0.6 is 27.3 Å². The van der Waals surface area contributed by atoms with E-state index in [1.807, 2.05) is 41.8 Å². The van der Waals surface area contributed by atoms with Crippen molar-refractivity contribution in [1.82, 2.24) is 5.32 Å². The Kier molecular flexibility index (Phi) is 5.36. The standard InChI is InChI=1S/C15H14BrNOS/c16-13-4-1-3-12(11-13)6-7-15(18)17-9-8-14-5-2-10-19-14/h1-7,10-11H,8-9H2,(H,17,18). The van der Waals surface area contributed by atoms with Gasteiger partial charge in [-0.2, -0.15) is 0 Å². The molecule has 0 saturated carbocycles. The summed E-state index contributed by atoms with van der Waals surface area (Å²) in [4.78, 5) is 12.9. The third kappa shape index (κ3) is 5.01. The molecular weight excluding hydrogens is 322 g/mol. The van der Waals surface area contributed by atoms with Gasteiger partial charge in [0, 0.05) is 22.0 Å². The largest absolute Gasteiger partial charge is 0.352 e. The van der Waals surface area contributed by atoms with E-state index in [0.717, 1.165) is 16.5 Å². The van der Waals surface area contributed by atoms with Crippen molar-refractivity contribution in [1.29, 1.82) is 0 Å². The molecule has 0 saturated heterocycles. The highest BCUT2D eigenvalue weighted by Crippen LogP contribution is 2.12. The lowest BCUT2D eigenvalue weighted by atomic mass is 10.2. The summed E-state index contributed by atoms with van der Waals surface area (Å²) in [6.07, 6.45) is 4.26. The molecule has 1 amide bonds. The Morgan fingerprint density at radius 1 is 1.32 bits per heavy atom. The van der Waals surface area contributed by atoms with E-state index in [4.69, 9.17) is 0 Å². The summed E-state index contributed by atoms with van der Waals surface area (Å²) in [6.45, 7) is 0.669. The van der Waals surface area contributed by atoms with Crippen molar-refractivity contribution in [3.8, 4) is 0 Å². The fourth-order valence-corrected chi connectivity index (χ4v) is 2.73. The van der Waals surface area contributed by atoms with E-state index in [1.54, 1.807) is 17.4 Å². The molecule has 0 bridgehead atoms. The minimum absolute atomic E-state index is 0.0588. The van der Waals surface area contributed by atoms with Crippen LogP contribution in [0.3, 0.4) is 0 Å². The van der Waals surface area contributed by atoms with Crippen LogP contribution in [0, 0.1) is 0 Å². The number of carbonyl (C=O) groups excluding carboxylic acids is 1. The summed E-state index contributed by atoms with van der Waals surface area (Å²) < 4.78 is 1.01. The highest BCUT2D eigenvalue weighted by molar-refractivity contribution is 9.10. The van der Waals surface area contributed by atoms with E-state index in [1.165, 1.54) is 4.88 Å². The maximum atomic E-state index is 11.6. The van der Waals surface area contributed by atoms with E-state index in [-0.39, 0.29) is 5.91 Å². The maximum absolute atomic E-state index is 11.6. The monoisotopic (exact) mass is 335 g/mol. The Hall–Kier alpha value is -1.39. The van der Waals surface area contributed by atoms with Gasteiger partial charge < -0.3 is 5.32 Å². The predicted octanol–water partition coefficient (Wildman–Crippen LogP) is 3.88. The first-order valence-electron chi connectivity index (χ1n) is 5.98. The lowest BCUT2D eigenvalue weighted by molar-refractivity contribution is -0.116. The third-order valence-corrected chi connectivity index (χ3v) is 3.96. The highest BCUT2D eigenvalue weighted by Gasteiger charge is 1.97. The molecule has 0 unspecified atom stereocenters. The van der Waals surface area contributed by atoms with Crippen LogP contribution in [0.1, 0.15) is 10.4 Å². The molecule has 98 valence electrons. The van der Waals surface area contributed by atoms with Crippen molar-refractivity contribution in [3.05, 3.63) is 62.8 Å². The van der Waals surface area contributed by atoms with Gasteiger partial charge in [-0.3, -0.25) is 4.79 Å². The summed E-state index contributed by atoms with van der Waals surface area (Å²) in [5.41, 5.74) is 1.00. The van der Waals surface area contributed by atoms with Crippen LogP contribution < -0.4 is 5.32 Å². The van der Waals surface area contributed by atoms with E-state index < -0.39 is 0 Å². The van der Waals surface area contributed by atoms with Gasteiger partial charge in [0.05, 0.1) is 0 Å². The summed E-state index contributed by atoms with van der Waals surface area (Å²) in [7, 11) is 0. The zero-order valence-corrected chi connectivity index (χ0v) is 12.7. The minimum atomic E-state index is -0.0588. The number of carbonyl (C=O) groups is 1. The summed E-state index contributed by atoms with van der Waals surface area (Å²) in [5, 5.41) is 4.92. The SMILES string of the molecule is O=C(C=Cc1cccc(Br)c1)NCCc1cccs1. The van der Waals surface area contributed by atoms with Gasteiger partial charge in [0.25, 0.3) is 0 Å². The van der Waals surface area contributed by atoms with Crippen molar-refractivity contribution >= 4 is 39.2 Å². The number of nitrogens with one attached hydrogen (secondary N) is 1. The van der Waals surface area contributed by atoms with Crippen LogP contribution in [0.25, 0.3) is 6.08 Å². The van der Waals surface area contributed by atoms with Gasteiger partial charge in [-0.05, 0) is 41.6 Å². The molecule has 2 nitrogen and oxygen atoms in total. The smallest absolute Gasteiger partial charge is 0.244 e. The van der Waals surface area contributed by atoms with Gasteiger partial charge in [0.15, 0.2) is 0 Å². The normalized spacial score (nSPS) is 10.8. The first-order chi connectivity index (χ1) is 9.24. The van der Waals surface area contributed by atoms with Gasteiger partial charge in [-0.15, -0.1) is 11.3 Å². The number of benzene rings is 1. The van der Waals surface area contributed by atoms with Crippen LogP contribution in [0.2, 0.25) is 0 Å². The molecule has 0 aliphatic rings. The Morgan fingerprint density at radius 2 is 2.21 bits per heavy atom. The molecule has 19 heavy (non-hydrogen) atoms. The van der Waals surface area contributed by atoms with Crippen molar-refractivity contribution in [2.75, 3.05) is 6.54 Å². The maximum Gasteiger partial charge on any atom is 0.244 e. The van der Waals surface area contributed by atoms with E-state index in [2.05, 4.69) is 27.3 Å². The van der Waals surface area contributed by atoms with Crippen molar-refractivity contribution in [2.45, 2.75) is 6.42 Å². The van der Waals surface area contributed by atoms with Crippen LogP contribution in [-0.2, 0) is 11.2 Å². The van der Waals surface area contributed by atoms with Crippen molar-refractivity contribution in [2.24, 2.45) is 0 Å². The molecule has 0 spiro atoms. The van der Waals surface area contributed by atoms with Gasteiger partial charge in [0.1, 0.15) is 0 Å². The lowest BCUT2D eigenvalue weighted by Crippen LogP contribution is -2.23. The summed E-state index contributed by atoms with van der Waals surface area (Å²) in [6, 6.07) is 11.9. The number of hydrogen-bond donors (Lipinski definition) is 1. The van der Waals surface area contributed by atoms with Crippen LogP contribution in [0.15, 0.2) is 52.3 Å². The molecule has 2 aromatic rings. The Labute approximate surface area is 125 Å². The van der Waals surface area contributed by atoms with Gasteiger partial charge in [-0.25, -0.2) is 0 Å². The Bertz CT molecular complexity index is 563. The topological polar surface area (TPSA) is 29.1 Å². The van der Waals surface area contributed by atoms with Crippen LogP contribution in [0.4, 0.5) is 0 Å². The number of hydrogen-bond acceptors (Lipinski definition) is 2. The van der Waals surface area contributed by atoms with Gasteiger partial charge >= 0.3 is 0 Å². The molecule has 0 aliphatic heterocycles. The molecular formula is C15H14BrNOS. The molecule has 1 aromatic carbocycles. The molecule has 2 rings (SSSR count). The zero-order chi connectivity index (χ0) is 13.5. The highest BCUT2D eigenvalue weighted by atomic mass is 79.9. The quantitative estimate of drug-likeness (QED) is 0.825. The van der Waals surface area contributed by atoms with Gasteiger partial charge in [-0.1, -0.05) is 34.1 Å². The lowest BCUT2D eigenvalue weighted by Gasteiger charge is -2.00. The summed E-state index contributed by atoms with van der Waals surface area (Å²) in [5.74, 6) is -0.0588. The Morgan fingerprint density at radius 3 is 2.95 bits per heavy atom. The number of thiophene rings is 1.